The van der Waals surface area contributed by atoms with E-state index in [1.165, 1.54) is 84.2 Å². The summed E-state index contributed by atoms with van der Waals surface area (Å²) in [6.45, 7) is 0. The lowest BCUT2D eigenvalue weighted by Gasteiger charge is -2.56. The monoisotopic (exact) mass is 778 g/mol. The molecule has 11 heteroatoms. The number of halogens is 2. The van der Waals surface area contributed by atoms with Gasteiger partial charge in [-0.05, 0) is 169 Å². The van der Waals surface area contributed by atoms with E-state index in [1.54, 1.807) is 4.40 Å². The van der Waals surface area contributed by atoms with Crippen molar-refractivity contribution < 1.29 is 14.3 Å². The Kier molecular flexibility index (Phi) is 8.47. The van der Waals surface area contributed by atoms with Crippen molar-refractivity contribution in [1.82, 2.24) is 24.1 Å². The predicted molar refractivity (Wildman–Crippen MR) is 191 cm³/mol. The largest absolute Gasteiger partial charge is 0.464 e. The van der Waals surface area contributed by atoms with Gasteiger partial charge in [-0.25, -0.2) is 14.8 Å². The van der Waals surface area contributed by atoms with Crippen LogP contribution in [0.4, 0.5) is 0 Å². The second-order valence-electron chi connectivity index (χ2n) is 15.8. The van der Waals surface area contributed by atoms with Crippen LogP contribution in [0.5, 0.6) is 0 Å². The van der Waals surface area contributed by atoms with E-state index in [-0.39, 0.29) is 11.4 Å². The van der Waals surface area contributed by atoms with Crippen molar-refractivity contribution >= 4 is 54.8 Å². The molecule has 48 heavy (non-hydrogen) atoms. The average molecular weight is 781 g/mol. The van der Waals surface area contributed by atoms with Gasteiger partial charge in [0.25, 0.3) is 5.91 Å². The van der Waals surface area contributed by atoms with Crippen LogP contribution >= 0.6 is 31.9 Å². The highest BCUT2D eigenvalue weighted by Crippen LogP contribution is 2.56. The first-order valence-corrected chi connectivity index (χ1v) is 19.1. The molecule has 0 unspecified atom stereocenters. The van der Waals surface area contributed by atoms with Gasteiger partial charge in [0.05, 0.1) is 18.1 Å². The van der Waals surface area contributed by atoms with Crippen molar-refractivity contribution in [2.75, 3.05) is 7.11 Å². The minimum atomic E-state index is -0.431. The zero-order valence-corrected chi connectivity index (χ0v) is 30.6. The first-order valence-electron chi connectivity index (χ1n) is 17.5. The maximum atomic E-state index is 12.9. The van der Waals surface area contributed by atoms with Crippen LogP contribution < -0.4 is 11.1 Å². The van der Waals surface area contributed by atoms with Crippen molar-refractivity contribution in [3.8, 4) is 0 Å². The summed E-state index contributed by atoms with van der Waals surface area (Å²) in [5.74, 6) is 5.09. The van der Waals surface area contributed by atoms with Crippen molar-refractivity contribution in [3.63, 3.8) is 0 Å². The number of esters is 1. The van der Waals surface area contributed by atoms with E-state index in [9.17, 15) is 9.59 Å². The summed E-state index contributed by atoms with van der Waals surface area (Å²) in [4.78, 5) is 32.8. The maximum absolute atomic E-state index is 12.9. The van der Waals surface area contributed by atoms with Crippen molar-refractivity contribution in [2.24, 2.45) is 41.2 Å². The Hall–Kier alpha value is -2.76. The Morgan fingerprint density at radius 2 is 1.15 bits per heavy atom. The third-order valence-electron chi connectivity index (χ3n) is 12.1. The second kappa shape index (κ2) is 12.5. The Morgan fingerprint density at radius 3 is 1.58 bits per heavy atom. The van der Waals surface area contributed by atoms with Gasteiger partial charge in [0.15, 0.2) is 20.9 Å². The smallest absolute Gasteiger partial charge is 0.358 e. The molecule has 0 aliphatic heterocycles. The number of nitrogens with two attached hydrogens (primary N) is 1. The molecule has 0 aromatic carbocycles. The number of fused-ring (bicyclic) bond motifs is 2. The zero-order valence-electron chi connectivity index (χ0n) is 27.4. The quantitative estimate of drug-likeness (QED) is 0.207. The minimum absolute atomic E-state index is 0.0126. The van der Waals surface area contributed by atoms with Gasteiger partial charge in [-0.15, -0.1) is 0 Å². The number of hydrogen-bond donors (Lipinski definition) is 2. The van der Waals surface area contributed by atoms with Gasteiger partial charge < -0.3 is 15.8 Å². The van der Waals surface area contributed by atoms with Crippen LogP contribution in [0.1, 0.15) is 98.0 Å². The fraction of sp³-hybridized carbons (Fsp3) is 0.568. The molecule has 1 amide bonds. The Balaban J connectivity index is 0.000000114. The number of hydrogen-bond acceptors (Lipinski definition) is 6. The van der Waals surface area contributed by atoms with Gasteiger partial charge in [-0.3, -0.25) is 13.6 Å². The fourth-order valence-corrected chi connectivity index (χ4v) is 12.1. The van der Waals surface area contributed by atoms with Crippen molar-refractivity contribution in [3.05, 3.63) is 69.6 Å². The number of carbonyl (C=O) groups excluding carboxylic acids is 2. The van der Waals surface area contributed by atoms with Crippen LogP contribution in [0.25, 0.3) is 11.0 Å². The molecule has 12 rings (SSSR count). The number of imidazole rings is 2. The first-order chi connectivity index (χ1) is 23.1. The molecule has 254 valence electrons. The lowest BCUT2D eigenvalue weighted by molar-refractivity contribution is -0.0167. The molecule has 9 nitrogen and oxygen atoms in total. The molecule has 0 saturated heterocycles. The highest BCUT2D eigenvalue weighted by atomic mass is 79.9. The van der Waals surface area contributed by atoms with E-state index < -0.39 is 5.97 Å². The Bertz CT molecular complexity index is 1800. The molecule has 4 aromatic heterocycles. The molecule has 0 spiro atoms. The number of rotatable bonds is 3. The highest BCUT2D eigenvalue weighted by Gasteiger charge is 2.52. The molecular weight excluding hydrogens is 736 g/mol. The number of aromatic nitrogens is 4. The number of methoxy groups -OCH3 is 1. The lowest BCUT2D eigenvalue weighted by atomic mass is 9.53. The summed E-state index contributed by atoms with van der Waals surface area (Å²) >= 11 is 6.71. The Labute approximate surface area is 298 Å². The molecule has 8 aliphatic carbocycles. The van der Waals surface area contributed by atoms with Gasteiger partial charge in [0, 0.05) is 23.5 Å². The van der Waals surface area contributed by atoms with Crippen LogP contribution in [0.3, 0.4) is 0 Å². The standard InChI is InChI=1S/C18H20BrN3O.C10H17N.C9H7BrN2O2/c19-17-20-15(14-3-1-2-4-22(14)17)16(23)21-18-8-11-5-12(9-18)7-13(6-11)10-18;11-10-4-7-1-8(5-10)3-9(2-7)6-10;1-14-8(13)7-6-4-2-3-5-12(6)9(10)11-7/h1-4,11-13H,5-10H2,(H,21,23);7-9H,1-6,11H2;2-5H,1H3. The maximum Gasteiger partial charge on any atom is 0.358 e. The second-order valence-corrected chi connectivity index (χ2v) is 17.2. The molecular formula is C37H44Br2N6O3. The number of pyridine rings is 2. The topological polar surface area (TPSA) is 116 Å². The normalized spacial score (nSPS) is 33.6. The molecule has 0 radical (unpaired) electrons. The minimum Gasteiger partial charge on any atom is -0.464 e. The predicted octanol–water partition coefficient (Wildman–Crippen LogP) is 7.59. The van der Waals surface area contributed by atoms with Gasteiger partial charge in [-0.1, -0.05) is 12.1 Å². The molecule has 8 bridgehead atoms. The van der Waals surface area contributed by atoms with Crippen LogP contribution in [-0.4, -0.2) is 48.8 Å². The van der Waals surface area contributed by atoms with Crippen molar-refractivity contribution in [2.45, 2.75) is 88.1 Å². The van der Waals surface area contributed by atoms with E-state index in [4.69, 9.17) is 5.73 Å². The van der Waals surface area contributed by atoms with E-state index in [0.717, 1.165) is 46.5 Å². The van der Waals surface area contributed by atoms with Crippen LogP contribution in [0, 0.1) is 35.5 Å². The summed E-state index contributed by atoms with van der Waals surface area (Å²) < 4.78 is 9.58. The molecule has 4 heterocycles. The van der Waals surface area contributed by atoms with E-state index in [2.05, 4.69) is 51.9 Å². The SMILES string of the molecule is COC(=O)c1nc(Br)n2ccccc12.NC12CC3CC(CC(C3)C1)C2.O=C(NC12CC3CC(CC(C3)C1)C2)c1nc(Br)n2ccccc12. The zero-order chi connectivity index (χ0) is 33.2. The third-order valence-corrected chi connectivity index (χ3v) is 13.2. The van der Waals surface area contributed by atoms with E-state index in [0.29, 0.717) is 26.4 Å². The highest BCUT2D eigenvalue weighted by molar-refractivity contribution is 9.10. The third kappa shape index (κ3) is 6.12. The van der Waals surface area contributed by atoms with E-state index >= 15 is 0 Å². The number of carbonyl (C=O) groups is 2. The number of nitrogens with one attached hydrogen (secondary N) is 1. The number of nitrogens with zero attached hydrogens (tertiary/aromatic N) is 4. The van der Waals surface area contributed by atoms with Crippen LogP contribution in [-0.2, 0) is 4.74 Å². The summed E-state index contributed by atoms with van der Waals surface area (Å²) in [6.07, 6.45) is 20.0. The van der Waals surface area contributed by atoms with Crippen LogP contribution in [0.15, 0.2) is 58.3 Å². The Morgan fingerprint density at radius 1 is 0.729 bits per heavy atom. The number of amides is 1. The van der Waals surface area contributed by atoms with Crippen LogP contribution in [0.2, 0.25) is 0 Å². The van der Waals surface area contributed by atoms with Gasteiger partial charge in [-0.2, -0.15) is 0 Å². The van der Waals surface area contributed by atoms with Gasteiger partial charge >= 0.3 is 5.97 Å². The summed E-state index contributed by atoms with van der Waals surface area (Å²) in [5.41, 5.74) is 9.10. The average Bonchev–Trinajstić information content (AvgIpc) is 3.56. The van der Waals surface area contributed by atoms with E-state index in [1.807, 2.05) is 53.2 Å². The fourth-order valence-electron chi connectivity index (χ4n) is 11.2. The molecule has 4 aromatic rings. The first kappa shape index (κ1) is 32.4. The van der Waals surface area contributed by atoms with Gasteiger partial charge in [0.2, 0.25) is 0 Å². The van der Waals surface area contributed by atoms with Crippen molar-refractivity contribution in [1.29, 1.82) is 0 Å². The molecule has 3 N–H and O–H groups in total. The summed E-state index contributed by atoms with van der Waals surface area (Å²) in [7, 11) is 1.34. The van der Waals surface area contributed by atoms with Gasteiger partial charge in [0.1, 0.15) is 0 Å². The molecule has 8 saturated carbocycles. The molecule has 8 aliphatic rings. The number of ether oxygens (including phenoxy) is 1. The summed E-state index contributed by atoms with van der Waals surface area (Å²) in [6, 6.07) is 11.4. The molecule has 0 atom stereocenters. The lowest BCUT2D eigenvalue weighted by Crippen LogP contribution is -2.59. The summed E-state index contributed by atoms with van der Waals surface area (Å²) in [5, 5.41) is 3.41. The molecule has 8 fully saturated rings.